The van der Waals surface area contributed by atoms with Gasteiger partial charge in [0.15, 0.2) is 6.54 Å². The third-order valence-corrected chi connectivity index (χ3v) is 4.29. The molecule has 10 heteroatoms. The van der Waals surface area contributed by atoms with Crippen molar-refractivity contribution in [3.8, 4) is 0 Å². The second-order valence-electron chi connectivity index (χ2n) is 6.22. The van der Waals surface area contributed by atoms with Gasteiger partial charge in [-0.15, -0.1) is 0 Å². The number of hydrogen-bond acceptors (Lipinski definition) is 4. The minimum Gasteiger partial charge on any atom is -0.355 e. The van der Waals surface area contributed by atoms with Crippen LogP contribution in [0.3, 0.4) is 0 Å². The average Bonchev–Trinajstić information content (AvgIpc) is 2.59. The fraction of sp³-hybridized carbons (Fsp3) is 0.562. The number of nitro groups is 1. The summed E-state index contributed by atoms with van der Waals surface area (Å²) in [5, 5.41) is 14.0. The quantitative estimate of drug-likeness (QED) is 0.571. The smallest absolute Gasteiger partial charge is 0.355 e. The second kappa shape index (κ2) is 8.35. The lowest BCUT2D eigenvalue weighted by Gasteiger charge is -2.33. The summed E-state index contributed by atoms with van der Waals surface area (Å²) < 4.78 is 38.4. The number of nitrogens with zero attached hydrogens (tertiary/aromatic N) is 2. The lowest BCUT2D eigenvalue weighted by Crippen LogP contribution is -3.16. The molecule has 1 heterocycles. The van der Waals surface area contributed by atoms with Crippen molar-refractivity contribution in [1.82, 2.24) is 5.32 Å². The van der Waals surface area contributed by atoms with Crippen molar-refractivity contribution in [1.29, 1.82) is 0 Å². The number of alkyl halides is 3. The first-order chi connectivity index (χ1) is 12.2. The fourth-order valence-corrected chi connectivity index (χ4v) is 2.91. The Labute approximate surface area is 148 Å². The Morgan fingerprint density at radius 1 is 1.35 bits per heavy atom. The molecule has 0 unspecified atom stereocenters. The van der Waals surface area contributed by atoms with Crippen LogP contribution in [0.4, 0.5) is 24.5 Å². The topological polar surface area (TPSA) is 79.9 Å². The maximum atomic E-state index is 12.8. The third kappa shape index (κ3) is 5.07. The third-order valence-electron chi connectivity index (χ3n) is 4.29. The molecular weight excluding hydrogens is 353 g/mol. The van der Waals surface area contributed by atoms with E-state index in [1.807, 2.05) is 6.92 Å². The van der Waals surface area contributed by atoms with Crippen LogP contribution in [-0.4, -0.2) is 50.1 Å². The molecule has 0 spiro atoms. The van der Waals surface area contributed by atoms with Gasteiger partial charge in [-0.2, -0.15) is 13.2 Å². The largest absolute Gasteiger partial charge is 0.416 e. The molecular formula is C16H22F3N4O3+. The number of halogens is 3. The summed E-state index contributed by atoms with van der Waals surface area (Å²) >= 11 is 0. The predicted molar refractivity (Wildman–Crippen MR) is 89.2 cm³/mol. The number of benzene rings is 1. The van der Waals surface area contributed by atoms with Crippen LogP contribution < -0.4 is 15.1 Å². The molecule has 2 N–H and O–H groups in total. The first kappa shape index (κ1) is 20.0. The number of piperazine rings is 1. The van der Waals surface area contributed by atoms with E-state index in [1.54, 1.807) is 4.90 Å². The van der Waals surface area contributed by atoms with Gasteiger partial charge in [0.2, 0.25) is 0 Å². The van der Waals surface area contributed by atoms with Crippen LogP contribution in [0.25, 0.3) is 0 Å². The fourth-order valence-electron chi connectivity index (χ4n) is 2.91. The van der Waals surface area contributed by atoms with Gasteiger partial charge in [-0.05, 0) is 18.6 Å². The summed E-state index contributed by atoms with van der Waals surface area (Å²) in [7, 11) is 0. The molecule has 7 nitrogen and oxygen atoms in total. The Balaban J connectivity index is 2.04. The van der Waals surface area contributed by atoms with E-state index in [-0.39, 0.29) is 11.6 Å². The summed E-state index contributed by atoms with van der Waals surface area (Å²) in [5.41, 5.74) is -1.41. The van der Waals surface area contributed by atoms with E-state index >= 15 is 0 Å². The zero-order valence-corrected chi connectivity index (χ0v) is 14.4. The van der Waals surface area contributed by atoms with E-state index < -0.39 is 22.4 Å². The molecule has 0 radical (unpaired) electrons. The molecule has 1 aliphatic rings. The van der Waals surface area contributed by atoms with Gasteiger partial charge in [-0.25, -0.2) is 0 Å². The van der Waals surface area contributed by atoms with Crippen molar-refractivity contribution in [2.45, 2.75) is 19.5 Å². The molecule has 0 bridgehead atoms. The van der Waals surface area contributed by atoms with Gasteiger partial charge in [-0.1, -0.05) is 6.92 Å². The summed E-state index contributed by atoms with van der Waals surface area (Å²) in [4.78, 5) is 24.9. The van der Waals surface area contributed by atoms with Crippen LogP contribution in [0.5, 0.6) is 0 Å². The van der Waals surface area contributed by atoms with Crippen molar-refractivity contribution in [2.75, 3.05) is 44.2 Å². The van der Waals surface area contributed by atoms with Crippen molar-refractivity contribution in [3.05, 3.63) is 33.9 Å². The second-order valence-corrected chi connectivity index (χ2v) is 6.22. The van der Waals surface area contributed by atoms with E-state index in [2.05, 4.69) is 5.32 Å². The Kier molecular flexibility index (Phi) is 6.41. The summed E-state index contributed by atoms with van der Waals surface area (Å²) in [6, 6.07) is 2.59. The standard InChI is InChI=1S/C16H21F3N4O3/c1-2-5-20-15(24)11-21-6-8-22(9-7-21)13-4-3-12(16(17,18)19)10-14(13)23(25)26/h3-4,10H,2,5-9,11H2,1H3,(H,20,24)/p+1. The van der Waals surface area contributed by atoms with E-state index in [0.29, 0.717) is 45.3 Å². The highest BCUT2D eigenvalue weighted by molar-refractivity contribution is 5.76. The molecule has 1 amide bonds. The average molecular weight is 375 g/mol. The van der Waals surface area contributed by atoms with Gasteiger partial charge in [0, 0.05) is 12.6 Å². The number of nitro benzene ring substituents is 1. The zero-order valence-electron chi connectivity index (χ0n) is 14.4. The highest BCUT2D eigenvalue weighted by Gasteiger charge is 2.34. The maximum absolute atomic E-state index is 12.8. The van der Waals surface area contributed by atoms with Crippen molar-refractivity contribution < 1.29 is 27.8 Å². The Morgan fingerprint density at radius 2 is 2.00 bits per heavy atom. The van der Waals surface area contributed by atoms with Crippen molar-refractivity contribution in [3.63, 3.8) is 0 Å². The number of rotatable bonds is 6. The maximum Gasteiger partial charge on any atom is 0.416 e. The number of quaternary nitrogens is 1. The molecule has 0 atom stereocenters. The Bertz CT molecular complexity index is 659. The van der Waals surface area contributed by atoms with E-state index in [4.69, 9.17) is 0 Å². The molecule has 1 aromatic rings. The lowest BCUT2D eigenvalue weighted by molar-refractivity contribution is -0.892. The van der Waals surface area contributed by atoms with Gasteiger partial charge in [0.1, 0.15) is 5.69 Å². The van der Waals surface area contributed by atoms with Gasteiger partial charge in [-0.3, -0.25) is 14.9 Å². The minimum atomic E-state index is -4.63. The lowest BCUT2D eigenvalue weighted by atomic mass is 10.1. The number of anilines is 1. The van der Waals surface area contributed by atoms with E-state index in [0.717, 1.165) is 23.5 Å². The molecule has 0 aromatic heterocycles. The highest BCUT2D eigenvalue weighted by atomic mass is 19.4. The normalized spacial score (nSPS) is 15.8. The van der Waals surface area contributed by atoms with Crippen LogP contribution in [-0.2, 0) is 11.0 Å². The van der Waals surface area contributed by atoms with Crippen LogP contribution in [0.15, 0.2) is 18.2 Å². The number of carbonyl (C=O) groups is 1. The molecule has 0 saturated carbocycles. The van der Waals surface area contributed by atoms with Crippen molar-refractivity contribution in [2.24, 2.45) is 0 Å². The van der Waals surface area contributed by atoms with Crippen LogP contribution in [0.2, 0.25) is 0 Å². The SMILES string of the molecule is CCCNC(=O)C[NH+]1CCN(c2ccc(C(F)(F)F)cc2[N+](=O)[O-])CC1. The molecule has 1 fully saturated rings. The van der Waals surface area contributed by atoms with Crippen LogP contribution >= 0.6 is 0 Å². The summed E-state index contributed by atoms with van der Waals surface area (Å²) in [5.74, 6) is -0.0455. The van der Waals surface area contributed by atoms with Crippen LogP contribution in [0.1, 0.15) is 18.9 Å². The molecule has 26 heavy (non-hydrogen) atoms. The van der Waals surface area contributed by atoms with Gasteiger partial charge < -0.3 is 15.1 Å². The van der Waals surface area contributed by atoms with E-state index in [9.17, 15) is 28.1 Å². The first-order valence-corrected chi connectivity index (χ1v) is 8.43. The monoisotopic (exact) mass is 375 g/mol. The van der Waals surface area contributed by atoms with Gasteiger partial charge >= 0.3 is 6.18 Å². The number of nitrogens with one attached hydrogen (secondary N) is 2. The van der Waals surface area contributed by atoms with E-state index in [1.165, 1.54) is 0 Å². The molecule has 1 aliphatic heterocycles. The molecule has 144 valence electrons. The number of hydrogen-bond donors (Lipinski definition) is 2. The predicted octanol–water partition coefficient (Wildman–Crippen LogP) is 0.845. The molecule has 2 rings (SSSR count). The summed E-state index contributed by atoms with van der Waals surface area (Å²) in [6.45, 7) is 4.93. The van der Waals surface area contributed by atoms with Gasteiger partial charge in [0.05, 0.1) is 36.7 Å². The van der Waals surface area contributed by atoms with Crippen molar-refractivity contribution >= 4 is 17.3 Å². The summed E-state index contributed by atoms with van der Waals surface area (Å²) in [6.07, 6.45) is -3.77. The molecule has 1 saturated heterocycles. The first-order valence-electron chi connectivity index (χ1n) is 8.43. The van der Waals surface area contributed by atoms with Crippen LogP contribution in [0, 0.1) is 10.1 Å². The van der Waals surface area contributed by atoms with Gasteiger partial charge in [0.25, 0.3) is 11.6 Å². The highest BCUT2D eigenvalue weighted by Crippen LogP contribution is 2.36. The molecule has 1 aromatic carbocycles. The zero-order chi connectivity index (χ0) is 19.3. The Morgan fingerprint density at radius 3 is 2.54 bits per heavy atom. The molecule has 0 aliphatic carbocycles. The number of amides is 1. The minimum absolute atomic E-state index is 0.0455. The Hall–Kier alpha value is -2.36. The number of carbonyl (C=O) groups excluding carboxylic acids is 1.